The van der Waals surface area contributed by atoms with Gasteiger partial charge in [-0.2, -0.15) is 0 Å². The predicted molar refractivity (Wildman–Crippen MR) is 87.3 cm³/mol. The zero-order chi connectivity index (χ0) is 15.5. The monoisotopic (exact) mass is 300 g/mol. The molecule has 3 nitrogen and oxygen atoms in total. The summed E-state index contributed by atoms with van der Waals surface area (Å²) in [7, 11) is 1.82. The van der Waals surface area contributed by atoms with Gasteiger partial charge < -0.3 is 15.0 Å². The Bertz CT molecular complexity index is 717. The molecule has 2 aromatic rings. The first kappa shape index (κ1) is 15.0. The van der Waals surface area contributed by atoms with E-state index in [1.54, 1.807) is 12.1 Å². The summed E-state index contributed by atoms with van der Waals surface area (Å²) < 4.78 is 15.9. The maximum Gasteiger partial charge on any atom is 0.132 e. The summed E-state index contributed by atoms with van der Waals surface area (Å²) in [6, 6.07) is 6.68. The van der Waals surface area contributed by atoms with Gasteiger partial charge in [0.15, 0.2) is 0 Å². The quantitative estimate of drug-likeness (QED) is 0.890. The molecule has 1 heterocycles. The Morgan fingerprint density at radius 1 is 1.36 bits per heavy atom. The molecule has 0 fully saturated rings. The summed E-state index contributed by atoms with van der Waals surface area (Å²) >= 11 is 0. The highest BCUT2D eigenvalue weighted by Crippen LogP contribution is 2.32. The van der Waals surface area contributed by atoms with Crippen LogP contribution in [-0.2, 0) is 0 Å². The van der Waals surface area contributed by atoms with Crippen molar-refractivity contribution in [2.24, 2.45) is 0 Å². The highest BCUT2D eigenvalue weighted by atomic mass is 19.1. The molecule has 116 valence electrons. The number of fused-ring (bicyclic) bond motifs is 1. The van der Waals surface area contributed by atoms with Gasteiger partial charge in [0.2, 0.25) is 0 Å². The van der Waals surface area contributed by atoms with Crippen molar-refractivity contribution >= 4 is 10.9 Å². The Balaban J connectivity index is 2.09. The summed E-state index contributed by atoms with van der Waals surface area (Å²) in [6.07, 6.45) is 9.41. The second kappa shape index (κ2) is 6.46. The molecule has 2 N–H and O–H groups in total. The predicted octanol–water partition coefficient (Wildman–Crippen LogP) is 3.18. The number of nitrogens with zero attached hydrogens (tertiary/aromatic N) is 1. The van der Waals surface area contributed by atoms with Crippen molar-refractivity contribution in [3.63, 3.8) is 0 Å². The Kier molecular flexibility index (Phi) is 4.41. The normalized spacial score (nSPS) is 17.5. The van der Waals surface area contributed by atoms with Crippen LogP contribution < -0.4 is 5.32 Å². The van der Waals surface area contributed by atoms with Crippen molar-refractivity contribution in [1.82, 2.24) is 9.88 Å². The number of hydrogen-bond donors (Lipinski definition) is 2. The van der Waals surface area contributed by atoms with E-state index in [2.05, 4.69) is 17.5 Å². The molecule has 0 saturated heterocycles. The Hall–Kier alpha value is -1.91. The molecular weight excluding hydrogens is 279 g/mol. The van der Waals surface area contributed by atoms with Crippen LogP contribution in [0.4, 0.5) is 4.39 Å². The number of aromatic nitrogens is 1. The number of nitrogens with one attached hydrogen (secondary N) is 1. The van der Waals surface area contributed by atoms with Gasteiger partial charge in [0.1, 0.15) is 5.82 Å². The number of aliphatic hydroxyl groups is 1. The third-order valence-corrected chi connectivity index (χ3v) is 4.21. The summed E-state index contributed by atoms with van der Waals surface area (Å²) in [6.45, 7) is 0.487. The Labute approximate surface area is 129 Å². The summed E-state index contributed by atoms with van der Waals surface area (Å²) in [5.41, 5.74) is 1.99. The summed E-state index contributed by atoms with van der Waals surface area (Å²) in [4.78, 5) is 0. The number of hydrogen-bond acceptors (Lipinski definition) is 2. The number of allylic oxidation sites excluding steroid dienone is 3. The number of rotatable bonds is 5. The SMILES string of the molecule is CNCC(O)[C@H](C1=CC=CCC1)n1ccc2c(F)cccc21. The number of benzene rings is 1. The van der Waals surface area contributed by atoms with Gasteiger partial charge in [0.05, 0.1) is 17.7 Å². The van der Waals surface area contributed by atoms with Crippen LogP contribution in [0.1, 0.15) is 18.9 Å². The molecule has 1 unspecified atom stereocenters. The smallest absolute Gasteiger partial charge is 0.132 e. The van der Waals surface area contributed by atoms with Gasteiger partial charge in [-0.05, 0) is 43.7 Å². The van der Waals surface area contributed by atoms with Crippen molar-refractivity contribution in [2.75, 3.05) is 13.6 Å². The van der Waals surface area contributed by atoms with Crippen LogP contribution in [0.5, 0.6) is 0 Å². The van der Waals surface area contributed by atoms with E-state index in [-0.39, 0.29) is 11.9 Å². The van der Waals surface area contributed by atoms with Crippen molar-refractivity contribution in [3.05, 3.63) is 60.1 Å². The maximum absolute atomic E-state index is 13.9. The van der Waals surface area contributed by atoms with Gasteiger partial charge in [-0.25, -0.2) is 4.39 Å². The third-order valence-electron chi connectivity index (χ3n) is 4.21. The second-order valence-corrected chi connectivity index (χ2v) is 5.67. The van der Waals surface area contributed by atoms with E-state index < -0.39 is 6.10 Å². The fourth-order valence-electron chi connectivity index (χ4n) is 3.19. The van der Waals surface area contributed by atoms with Crippen molar-refractivity contribution in [2.45, 2.75) is 25.0 Å². The van der Waals surface area contributed by atoms with E-state index in [1.807, 2.05) is 30.0 Å². The Morgan fingerprint density at radius 3 is 2.95 bits per heavy atom. The molecule has 0 bridgehead atoms. The van der Waals surface area contributed by atoms with Crippen LogP contribution in [0.3, 0.4) is 0 Å². The third kappa shape index (κ3) is 2.72. The van der Waals surface area contributed by atoms with Gasteiger partial charge in [0, 0.05) is 18.1 Å². The molecule has 0 aliphatic heterocycles. The van der Waals surface area contributed by atoms with Gasteiger partial charge in [-0.1, -0.05) is 24.3 Å². The summed E-state index contributed by atoms with van der Waals surface area (Å²) in [5, 5.41) is 14.2. The number of aliphatic hydroxyl groups excluding tert-OH is 1. The molecule has 0 radical (unpaired) electrons. The zero-order valence-corrected chi connectivity index (χ0v) is 12.7. The molecule has 1 aromatic heterocycles. The van der Waals surface area contributed by atoms with Gasteiger partial charge in [-0.15, -0.1) is 0 Å². The fourth-order valence-corrected chi connectivity index (χ4v) is 3.19. The van der Waals surface area contributed by atoms with E-state index in [9.17, 15) is 9.50 Å². The molecule has 1 aliphatic rings. The standard InChI is InChI=1S/C18H21FN2O/c1-20-12-17(22)18(13-6-3-2-4-7-13)21-11-10-14-15(19)8-5-9-16(14)21/h2-3,5-6,8-11,17-18,20,22H,4,7,12H2,1H3/t17?,18-/m0/s1. The molecular formula is C18H21FN2O. The van der Waals surface area contributed by atoms with E-state index in [1.165, 1.54) is 11.6 Å². The second-order valence-electron chi connectivity index (χ2n) is 5.67. The summed E-state index contributed by atoms with van der Waals surface area (Å²) in [5.74, 6) is -0.226. The fraction of sp³-hybridized carbons (Fsp3) is 0.333. The van der Waals surface area contributed by atoms with Crippen LogP contribution in [-0.4, -0.2) is 29.4 Å². The molecule has 2 atom stereocenters. The van der Waals surface area contributed by atoms with Crippen LogP contribution in [0, 0.1) is 5.82 Å². The van der Waals surface area contributed by atoms with Crippen LogP contribution >= 0.6 is 0 Å². The van der Waals surface area contributed by atoms with Gasteiger partial charge >= 0.3 is 0 Å². The van der Waals surface area contributed by atoms with Crippen molar-refractivity contribution in [1.29, 1.82) is 0 Å². The molecule has 22 heavy (non-hydrogen) atoms. The lowest BCUT2D eigenvalue weighted by molar-refractivity contribution is 0.129. The maximum atomic E-state index is 13.9. The lowest BCUT2D eigenvalue weighted by Gasteiger charge is -2.29. The van der Waals surface area contributed by atoms with Crippen LogP contribution in [0.15, 0.2) is 54.3 Å². The van der Waals surface area contributed by atoms with Gasteiger partial charge in [0.25, 0.3) is 0 Å². The van der Waals surface area contributed by atoms with Crippen LogP contribution in [0.2, 0.25) is 0 Å². The van der Waals surface area contributed by atoms with Crippen molar-refractivity contribution in [3.8, 4) is 0 Å². The van der Waals surface area contributed by atoms with E-state index >= 15 is 0 Å². The highest BCUT2D eigenvalue weighted by Gasteiger charge is 2.26. The van der Waals surface area contributed by atoms with E-state index in [0.717, 1.165) is 18.4 Å². The lowest BCUT2D eigenvalue weighted by atomic mass is 9.93. The van der Waals surface area contributed by atoms with E-state index in [4.69, 9.17) is 0 Å². The minimum absolute atomic E-state index is 0.184. The average molecular weight is 300 g/mol. The first-order valence-electron chi connectivity index (χ1n) is 7.65. The molecule has 0 saturated carbocycles. The molecule has 1 aliphatic carbocycles. The minimum atomic E-state index is -0.568. The number of halogens is 1. The zero-order valence-electron chi connectivity index (χ0n) is 12.7. The molecule has 1 aromatic carbocycles. The topological polar surface area (TPSA) is 37.2 Å². The average Bonchev–Trinajstić information content (AvgIpc) is 2.94. The molecule has 4 heteroatoms. The minimum Gasteiger partial charge on any atom is -0.389 e. The Morgan fingerprint density at radius 2 is 2.23 bits per heavy atom. The molecule has 0 amide bonds. The first-order valence-corrected chi connectivity index (χ1v) is 7.65. The highest BCUT2D eigenvalue weighted by molar-refractivity contribution is 5.81. The van der Waals surface area contributed by atoms with Crippen LogP contribution in [0.25, 0.3) is 10.9 Å². The lowest BCUT2D eigenvalue weighted by Crippen LogP contribution is -2.34. The first-order chi connectivity index (χ1) is 10.7. The molecule has 3 rings (SSSR count). The molecule has 0 spiro atoms. The number of likely N-dealkylation sites (N-methyl/N-ethyl adjacent to an activating group) is 1. The van der Waals surface area contributed by atoms with E-state index in [0.29, 0.717) is 11.9 Å². The van der Waals surface area contributed by atoms with Crippen molar-refractivity contribution < 1.29 is 9.50 Å². The van der Waals surface area contributed by atoms with Gasteiger partial charge in [-0.3, -0.25) is 0 Å². The largest absolute Gasteiger partial charge is 0.389 e.